The highest BCUT2D eigenvalue weighted by Crippen LogP contribution is 1.95. The van der Waals surface area contributed by atoms with Crippen LogP contribution >= 0.6 is 27.5 Å². The third kappa shape index (κ3) is 8.40. The second-order valence-electron chi connectivity index (χ2n) is 1.76. The summed E-state index contributed by atoms with van der Waals surface area (Å²) in [4.78, 5) is 10.2. The lowest BCUT2D eigenvalue weighted by Gasteiger charge is -1.97. The Kier molecular flexibility index (Phi) is 7.81. The molecule has 2 nitrogen and oxygen atoms in total. The molecule has 0 unspecified atom stereocenters. The summed E-state index contributed by atoms with van der Waals surface area (Å²) < 4.78 is 5.08. The van der Waals surface area contributed by atoms with Gasteiger partial charge in [-0.3, -0.25) is 4.79 Å². The number of hydrogen-bond acceptors (Lipinski definition) is 2. The van der Waals surface area contributed by atoms with Gasteiger partial charge < -0.3 is 4.74 Å². The lowest BCUT2D eigenvalue weighted by atomic mass is 10.3. The summed E-state index contributed by atoms with van der Waals surface area (Å²) in [5.41, 5.74) is 0. The standard InChI is InChI=1S/C6H10BrClO2/c7-3-5-10-4-1-2-6(8)9/h1-5H2. The van der Waals surface area contributed by atoms with E-state index >= 15 is 0 Å². The first-order valence-corrected chi connectivity index (χ1v) is 4.59. The van der Waals surface area contributed by atoms with Crippen LogP contribution in [0.3, 0.4) is 0 Å². The first-order valence-electron chi connectivity index (χ1n) is 3.09. The van der Waals surface area contributed by atoms with Crippen molar-refractivity contribution < 1.29 is 9.53 Å². The third-order valence-corrected chi connectivity index (χ3v) is 1.40. The molecule has 0 rings (SSSR count). The van der Waals surface area contributed by atoms with Crippen LogP contribution in [0.2, 0.25) is 0 Å². The summed E-state index contributed by atoms with van der Waals surface area (Å²) in [5, 5.41) is 0.546. The number of hydrogen-bond donors (Lipinski definition) is 0. The quantitative estimate of drug-likeness (QED) is 0.395. The van der Waals surface area contributed by atoms with E-state index < -0.39 is 0 Å². The minimum atomic E-state index is -0.289. The molecule has 0 aliphatic heterocycles. The highest BCUT2D eigenvalue weighted by atomic mass is 79.9. The first kappa shape index (κ1) is 10.4. The Morgan fingerprint density at radius 1 is 1.50 bits per heavy atom. The molecule has 0 bridgehead atoms. The Labute approximate surface area is 74.0 Å². The number of halogens is 2. The van der Waals surface area contributed by atoms with Gasteiger partial charge in [0.25, 0.3) is 0 Å². The summed E-state index contributed by atoms with van der Waals surface area (Å²) in [5.74, 6) is 0. The second-order valence-corrected chi connectivity index (χ2v) is 2.97. The van der Waals surface area contributed by atoms with Crippen LogP contribution in [0.25, 0.3) is 0 Å². The van der Waals surface area contributed by atoms with Gasteiger partial charge in [-0.25, -0.2) is 0 Å². The van der Waals surface area contributed by atoms with Crippen molar-refractivity contribution in [2.75, 3.05) is 18.5 Å². The van der Waals surface area contributed by atoms with E-state index in [9.17, 15) is 4.79 Å². The Morgan fingerprint density at radius 2 is 2.20 bits per heavy atom. The van der Waals surface area contributed by atoms with Gasteiger partial charge in [0.2, 0.25) is 5.24 Å². The number of alkyl halides is 1. The molecular formula is C6H10BrClO2. The molecule has 0 saturated heterocycles. The van der Waals surface area contributed by atoms with Crippen LogP contribution in [-0.2, 0) is 9.53 Å². The maximum atomic E-state index is 10.2. The normalized spacial score (nSPS) is 9.80. The third-order valence-electron chi connectivity index (χ3n) is 0.883. The molecular weight excluding hydrogens is 219 g/mol. The van der Waals surface area contributed by atoms with Crippen molar-refractivity contribution in [3.63, 3.8) is 0 Å². The fourth-order valence-corrected chi connectivity index (χ4v) is 0.832. The zero-order valence-electron chi connectivity index (χ0n) is 5.61. The average molecular weight is 230 g/mol. The van der Waals surface area contributed by atoms with Crippen LogP contribution in [0.4, 0.5) is 0 Å². The van der Waals surface area contributed by atoms with Crippen LogP contribution in [0.15, 0.2) is 0 Å². The van der Waals surface area contributed by atoms with E-state index in [4.69, 9.17) is 16.3 Å². The van der Waals surface area contributed by atoms with E-state index in [0.717, 1.165) is 11.8 Å². The van der Waals surface area contributed by atoms with Crippen molar-refractivity contribution >= 4 is 32.8 Å². The summed E-state index contributed by atoms with van der Waals surface area (Å²) in [6.07, 6.45) is 1.12. The van der Waals surface area contributed by atoms with E-state index in [1.165, 1.54) is 0 Å². The molecule has 0 heterocycles. The van der Waals surface area contributed by atoms with E-state index in [1.807, 2.05) is 0 Å². The number of carbonyl (C=O) groups is 1. The number of rotatable bonds is 6. The van der Waals surface area contributed by atoms with Crippen LogP contribution in [-0.4, -0.2) is 23.8 Å². The van der Waals surface area contributed by atoms with Crippen molar-refractivity contribution in [1.29, 1.82) is 0 Å². The van der Waals surface area contributed by atoms with Gasteiger partial charge in [0.05, 0.1) is 6.61 Å². The average Bonchev–Trinajstić information content (AvgIpc) is 1.87. The Bertz CT molecular complexity index is 97.7. The number of carbonyl (C=O) groups excluding carboxylic acids is 1. The van der Waals surface area contributed by atoms with E-state index in [1.54, 1.807) is 0 Å². The van der Waals surface area contributed by atoms with Gasteiger partial charge in [-0.05, 0) is 18.0 Å². The van der Waals surface area contributed by atoms with Crippen LogP contribution in [0.1, 0.15) is 12.8 Å². The second kappa shape index (κ2) is 7.51. The molecule has 0 atom stereocenters. The van der Waals surface area contributed by atoms with Gasteiger partial charge in [-0.1, -0.05) is 15.9 Å². The van der Waals surface area contributed by atoms with Crippen LogP contribution in [0.5, 0.6) is 0 Å². The Balaban J connectivity index is 2.84. The van der Waals surface area contributed by atoms with Crippen LogP contribution in [0, 0.1) is 0 Å². The minimum absolute atomic E-state index is 0.289. The van der Waals surface area contributed by atoms with E-state index in [2.05, 4.69) is 15.9 Å². The van der Waals surface area contributed by atoms with Crippen molar-refractivity contribution in [1.82, 2.24) is 0 Å². The molecule has 0 aromatic carbocycles. The zero-order chi connectivity index (χ0) is 7.82. The molecule has 60 valence electrons. The number of ether oxygens (including phenoxy) is 1. The molecule has 0 aromatic rings. The highest BCUT2D eigenvalue weighted by molar-refractivity contribution is 9.09. The van der Waals surface area contributed by atoms with Gasteiger partial charge in [0.1, 0.15) is 0 Å². The summed E-state index contributed by atoms with van der Waals surface area (Å²) in [6.45, 7) is 1.31. The fourth-order valence-electron chi connectivity index (χ4n) is 0.470. The predicted molar refractivity (Wildman–Crippen MR) is 44.7 cm³/mol. The van der Waals surface area contributed by atoms with Gasteiger partial charge >= 0.3 is 0 Å². The molecule has 0 spiro atoms. The lowest BCUT2D eigenvalue weighted by molar-refractivity contribution is -0.112. The summed E-state index contributed by atoms with van der Waals surface area (Å²) in [6, 6.07) is 0. The van der Waals surface area contributed by atoms with Gasteiger partial charge in [0.15, 0.2) is 0 Å². The fraction of sp³-hybridized carbons (Fsp3) is 0.833. The summed E-state index contributed by atoms with van der Waals surface area (Å²) >= 11 is 8.30. The molecule has 0 aliphatic rings. The smallest absolute Gasteiger partial charge is 0.221 e. The monoisotopic (exact) mass is 228 g/mol. The molecule has 4 heteroatoms. The van der Waals surface area contributed by atoms with E-state index in [0.29, 0.717) is 19.6 Å². The maximum absolute atomic E-state index is 10.2. The molecule has 0 aliphatic carbocycles. The van der Waals surface area contributed by atoms with Crippen LogP contribution < -0.4 is 0 Å². The van der Waals surface area contributed by atoms with Gasteiger partial charge in [-0.15, -0.1) is 0 Å². The molecule has 0 fully saturated rings. The summed E-state index contributed by atoms with van der Waals surface area (Å²) in [7, 11) is 0. The van der Waals surface area contributed by atoms with Crippen molar-refractivity contribution in [2.45, 2.75) is 12.8 Å². The first-order chi connectivity index (χ1) is 4.77. The minimum Gasteiger partial charge on any atom is -0.381 e. The van der Waals surface area contributed by atoms with Gasteiger partial charge in [0, 0.05) is 18.4 Å². The molecule has 0 N–H and O–H groups in total. The highest BCUT2D eigenvalue weighted by Gasteiger charge is 1.94. The van der Waals surface area contributed by atoms with Gasteiger partial charge in [-0.2, -0.15) is 0 Å². The molecule has 0 amide bonds. The van der Waals surface area contributed by atoms with E-state index in [-0.39, 0.29) is 5.24 Å². The molecule has 10 heavy (non-hydrogen) atoms. The van der Waals surface area contributed by atoms with Crippen molar-refractivity contribution in [2.24, 2.45) is 0 Å². The topological polar surface area (TPSA) is 26.3 Å². The maximum Gasteiger partial charge on any atom is 0.221 e. The molecule has 0 radical (unpaired) electrons. The largest absolute Gasteiger partial charge is 0.381 e. The SMILES string of the molecule is O=C(Cl)CCCOCCBr. The molecule has 0 saturated carbocycles. The Hall–Kier alpha value is 0.400. The Morgan fingerprint density at radius 3 is 2.70 bits per heavy atom. The lowest BCUT2D eigenvalue weighted by Crippen LogP contribution is -1.99. The zero-order valence-corrected chi connectivity index (χ0v) is 7.95. The van der Waals surface area contributed by atoms with Crippen molar-refractivity contribution in [3.05, 3.63) is 0 Å². The van der Waals surface area contributed by atoms with Crippen molar-refractivity contribution in [3.8, 4) is 0 Å². The molecule has 0 aromatic heterocycles. The predicted octanol–water partition coefficient (Wildman–Crippen LogP) is 1.94.